The highest BCUT2D eigenvalue weighted by Gasteiger charge is 2.13. The average Bonchev–Trinajstić information content (AvgIpc) is 3.34. The van der Waals surface area contributed by atoms with Crippen molar-refractivity contribution in [2.45, 2.75) is 26.4 Å². The van der Waals surface area contributed by atoms with E-state index >= 15 is 0 Å². The summed E-state index contributed by atoms with van der Waals surface area (Å²) in [7, 11) is 0. The molecule has 2 heterocycles. The lowest BCUT2D eigenvalue weighted by molar-refractivity contribution is 0.0702. The third-order valence-electron chi connectivity index (χ3n) is 4.91. The van der Waals surface area contributed by atoms with Crippen molar-refractivity contribution in [2.24, 2.45) is 0 Å². The second-order valence-corrected chi connectivity index (χ2v) is 7.82. The maximum atomic E-state index is 11.2. The molecule has 0 fully saturated rings. The monoisotopic (exact) mass is 390 g/mol. The Bertz CT molecular complexity index is 1110. The number of hydrogen-bond acceptors (Lipinski definition) is 3. The van der Waals surface area contributed by atoms with E-state index in [4.69, 9.17) is 0 Å². The highest BCUT2D eigenvalue weighted by molar-refractivity contribution is 7.16. The quantitative estimate of drug-likeness (QED) is 0.454. The van der Waals surface area contributed by atoms with E-state index < -0.39 is 5.97 Å². The van der Waals surface area contributed by atoms with Crippen molar-refractivity contribution in [3.8, 4) is 5.00 Å². The van der Waals surface area contributed by atoms with Crippen molar-refractivity contribution in [1.29, 1.82) is 0 Å². The minimum absolute atomic E-state index is 0.350. The first-order valence-electron chi connectivity index (χ1n) is 9.36. The number of nitrogens with zero attached hydrogens (tertiary/aromatic N) is 1. The van der Waals surface area contributed by atoms with Crippen LogP contribution in [0, 0.1) is 0 Å². The molecule has 0 aliphatic carbocycles. The van der Waals surface area contributed by atoms with Crippen LogP contribution in [0.5, 0.6) is 0 Å². The fourth-order valence-electron chi connectivity index (χ4n) is 3.38. The summed E-state index contributed by atoms with van der Waals surface area (Å²) in [6, 6.07) is 20.5. The van der Waals surface area contributed by atoms with Gasteiger partial charge in [0.25, 0.3) is 0 Å². The van der Waals surface area contributed by atoms with Crippen LogP contribution in [-0.2, 0) is 19.5 Å². The summed E-state index contributed by atoms with van der Waals surface area (Å²) in [6.07, 6.45) is 3.16. The van der Waals surface area contributed by atoms with E-state index in [1.165, 1.54) is 33.4 Å². The molecular formula is C23H22N2O2S. The van der Waals surface area contributed by atoms with Gasteiger partial charge >= 0.3 is 5.97 Å². The number of rotatable bonds is 7. The molecule has 0 aliphatic heterocycles. The van der Waals surface area contributed by atoms with Crippen molar-refractivity contribution < 1.29 is 9.90 Å². The molecule has 2 aromatic carbocycles. The zero-order valence-electron chi connectivity index (χ0n) is 15.7. The van der Waals surface area contributed by atoms with Crippen LogP contribution in [0.2, 0.25) is 0 Å². The molecule has 4 aromatic rings. The van der Waals surface area contributed by atoms with Gasteiger partial charge < -0.3 is 15.0 Å². The molecule has 142 valence electrons. The van der Waals surface area contributed by atoms with Crippen molar-refractivity contribution in [1.82, 2.24) is 9.88 Å². The van der Waals surface area contributed by atoms with Crippen LogP contribution in [0.25, 0.3) is 15.9 Å². The Balaban J connectivity index is 1.56. The molecule has 0 saturated heterocycles. The van der Waals surface area contributed by atoms with E-state index in [-0.39, 0.29) is 0 Å². The van der Waals surface area contributed by atoms with Gasteiger partial charge in [0.05, 0.1) is 5.52 Å². The lowest BCUT2D eigenvalue weighted by Gasteiger charge is -2.05. The number of carboxylic acid groups (broad SMARTS) is 1. The maximum Gasteiger partial charge on any atom is 0.345 e. The predicted octanol–water partition coefficient (Wildman–Crippen LogP) is 5.24. The summed E-state index contributed by atoms with van der Waals surface area (Å²) >= 11 is 1.29. The maximum absolute atomic E-state index is 11.2. The number of para-hydroxylation sites is 1. The number of nitrogens with one attached hydrogen (secondary N) is 1. The smallest absolute Gasteiger partial charge is 0.345 e. The molecule has 0 spiro atoms. The Kier molecular flexibility index (Phi) is 5.28. The summed E-state index contributed by atoms with van der Waals surface area (Å²) < 4.78 is 2.08. The van der Waals surface area contributed by atoms with Gasteiger partial charge in [-0.25, -0.2) is 4.79 Å². The molecular weight excluding hydrogens is 368 g/mol. The molecule has 0 saturated carbocycles. The molecule has 2 N–H and O–H groups in total. The van der Waals surface area contributed by atoms with Gasteiger partial charge in [-0.05, 0) is 41.3 Å². The van der Waals surface area contributed by atoms with Crippen molar-refractivity contribution in [3.05, 3.63) is 88.4 Å². The zero-order chi connectivity index (χ0) is 19.5. The zero-order valence-corrected chi connectivity index (χ0v) is 16.5. The number of carbonyl (C=O) groups is 1. The predicted molar refractivity (Wildman–Crippen MR) is 114 cm³/mol. The van der Waals surface area contributed by atoms with Crippen molar-refractivity contribution in [2.75, 3.05) is 0 Å². The molecule has 0 radical (unpaired) electrons. The SMILES string of the molecule is CCc1ccc(CNCc2cn(-c3ccc(C(=O)O)s3)c3ccccc23)cc1. The highest BCUT2D eigenvalue weighted by Crippen LogP contribution is 2.29. The minimum Gasteiger partial charge on any atom is -0.477 e. The van der Waals surface area contributed by atoms with E-state index in [9.17, 15) is 9.90 Å². The standard InChI is InChI=1S/C23H22N2O2S/c1-2-16-7-9-17(10-8-16)13-24-14-18-15-25(20-6-4-3-5-19(18)20)22-12-11-21(28-22)23(26)27/h3-12,15,24H,2,13-14H2,1H3,(H,26,27). The van der Waals surface area contributed by atoms with E-state index in [1.54, 1.807) is 6.07 Å². The van der Waals surface area contributed by atoms with Crippen LogP contribution < -0.4 is 5.32 Å². The lowest BCUT2D eigenvalue weighted by atomic mass is 10.1. The van der Waals surface area contributed by atoms with E-state index in [2.05, 4.69) is 59.4 Å². The third-order valence-corrected chi connectivity index (χ3v) is 5.98. The number of thiophene rings is 1. The van der Waals surface area contributed by atoms with Gasteiger partial charge in [-0.2, -0.15) is 0 Å². The van der Waals surface area contributed by atoms with Gasteiger partial charge in [0.2, 0.25) is 0 Å². The first kappa shape index (κ1) is 18.5. The summed E-state index contributed by atoms with van der Waals surface area (Å²) in [6.45, 7) is 3.72. The highest BCUT2D eigenvalue weighted by atomic mass is 32.1. The molecule has 0 bridgehead atoms. The van der Waals surface area contributed by atoms with Gasteiger partial charge in [0.15, 0.2) is 0 Å². The third kappa shape index (κ3) is 3.72. The Hall–Kier alpha value is -2.89. The molecule has 5 heteroatoms. The molecule has 0 unspecified atom stereocenters. The first-order valence-corrected chi connectivity index (χ1v) is 10.2. The van der Waals surface area contributed by atoms with Crippen molar-refractivity contribution >= 4 is 28.2 Å². The number of carboxylic acids is 1. The van der Waals surface area contributed by atoms with E-state index in [0.717, 1.165) is 30.0 Å². The number of fused-ring (bicyclic) bond motifs is 1. The van der Waals surface area contributed by atoms with Crippen LogP contribution in [-0.4, -0.2) is 15.6 Å². The van der Waals surface area contributed by atoms with Gasteiger partial charge in [-0.1, -0.05) is 49.4 Å². The van der Waals surface area contributed by atoms with E-state index in [0.29, 0.717) is 4.88 Å². The van der Waals surface area contributed by atoms with Gasteiger partial charge in [0, 0.05) is 24.7 Å². The lowest BCUT2D eigenvalue weighted by Crippen LogP contribution is -2.12. The minimum atomic E-state index is -0.885. The Morgan fingerprint density at radius 3 is 2.46 bits per heavy atom. The van der Waals surface area contributed by atoms with Crippen LogP contribution in [0.1, 0.15) is 33.3 Å². The summed E-state index contributed by atoms with van der Waals surface area (Å²) in [5.41, 5.74) is 4.91. The molecule has 28 heavy (non-hydrogen) atoms. The molecule has 2 aromatic heterocycles. The molecule has 4 nitrogen and oxygen atoms in total. The van der Waals surface area contributed by atoms with Crippen LogP contribution >= 0.6 is 11.3 Å². The van der Waals surface area contributed by atoms with Crippen LogP contribution in [0.15, 0.2) is 66.9 Å². The Morgan fingerprint density at radius 2 is 1.75 bits per heavy atom. The first-order chi connectivity index (χ1) is 13.7. The topological polar surface area (TPSA) is 54.3 Å². The van der Waals surface area contributed by atoms with Gasteiger partial charge in [0.1, 0.15) is 9.88 Å². The second kappa shape index (κ2) is 8.00. The summed E-state index contributed by atoms with van der Waals surface area (Å²) in [5.74, 6) is -0.885. The van der Waals surface area contributed by atoms with Gasteiger partial charge in [-0.3, -0.25) is 0 Å². The number of aromatic carboxylic acids is 1. The van der Waals surface area contributed by atoms with Gasteiger partial charge in [-0.15, -0.1) is 11.3 Å². The molecule has 0 atom stereocenters. The average molecular weight is 391 g/mol. The fourth-order valence-corrected chi connectivity index (χ4v) is 4.21. The van der Waals surface area contributed by atoms with E-state index in [1.807, 2.05) is 18.2 Å². The molecule has 0 aliphatic rings. The number of aromatic nitrogens is 1. The van der Waals surface area contributed by atoms with Crippen LogP contribution in [0.3, 0.4) is 0 Å². The van der Waals surface area contributed by atoms with Crippen molar-refractivity contribution in [3.63, 3.8) is 0 Å². The Morgan fingerprint density at radius 1 is 1.00 bits per heavy atom. The van der Waals surface area contributed by atoms with Crippen LogP contribution in [0.4, 0.5) is 0 Å². The summed E-state index contributed by atoms with van der Waals surface area (Å²) in [5, 5.41) is 14.8. The molecule has 4 rings (SSSR count). The molecule has 0 amide bonds. The number of aryl methyl sites for hydroxylation is 1. The fraction of sp³-hybridized carbons (Fsp3) is 0.174. The largest absolute Gasteiger partial charge is 0.477 e. The number of hydrogen-bond donors (Lipinski definition) is 2. The number of benzene rings is 2. The summed E-state index contributed by atoms with van der Waals surface area (Å²) in [4.78, 5) is 11.6. The normalized spacial score (nSPS) is 11.2. The Labute approximate surface area is 168 Å². The second-order valence-electron chi connectivity index (χ2n) is 6.76.